The fourth-order valence-electron chi connectivity index (χ4n) is 4.83. The predicted octanol–water partition coefficient (Wildman–Crippen LogP) is 2.55. The number of amides is 1. The van der Waals surface area contributed by atoms with Crippen LogP contribution in [0, 0.1) is 5.92 Å². The smallest absolute Gasteiger partial charge is 0.240 e. The lowest BCUT2D eigenvalue weighted by Crippen LogP contribution is -2.38. The van der Waals surface area contributed by atoms with Crippen LogP contribution < -0.4 is 4.72 Å². The van der Waals surface area contributed by atoms with Crippen LogP contribution in [0.2, 0.25) is 0 Å². The molecule has 0 unspecified atom stereocenters. The Hall–Kier alpha value is -2.33. The van der Waals surface area contributed by atoms with E-state index < -0.39 is 10.0 Å². The fourth-order valence-corrected chi connectivity index (χ4v) is 5.58. The molecule has 1 aromatic heterocycles. The van der Waals surface area contributed by atoms with Gasteiger partial charge in [0.05, 0.1) is 10.9 Å². The van der Waals surface area contributed by atoms with Crippen LogP contribution >= 0.6 is 0 Å². The molecule has 174 valence electrons. The first-order chi connectivity index (χ1) is 15.4. The highest BCUT2D eigenvalue weighted by molar-refractivity contribution is 7.89. The highest BCUT2D eigenvalue weighted by atomic mass is 32.2. The third-order valence-corrected chi connectivity index (χ3v) is 8.21. The molecule has 4 rings (SSSR count). The lowest BCUT2D eigenvalue weighted by atomic mass is 9.84. The van der Waals surface area contributed by atoms with Crippen LogP contribution in [0.3, 0.4) is 0 Å². The summed E-state index contributed by atoms with van der Waals surface area (Å²) in [6.07, 6.45) is 8.63. The molecule has 1 N–H and O–H groups in total. The minimum atomic E-state index is -3.58. The molecule has 1 saturated carbocycles. The Morgan fingerprint density at radius 3 is 2.50 bits per heavy atom. The van der Waals surface area contributed by atoms with Crippen LogP contribution in [0.5, 0.6) is 0 Å². The lowest BCUT2D eigenvalue weighted by Gasteiger charge is -2.30. The van der Waals surface area contributed by atoms with Crippen molar-refractivity contribution in [1.82, 2.24) is 29.8 Å². The standard InChI is InChI=1S/C22H32N6O3S/c1-16(29)27-12-10-19(11-13-27)28-25-22(24-26-28)21-15-20(32(30,31)23-2)9-8-18(21)14-17-6-4-3-5-7-17/h8-9,15,17,19,23H,3-7,10-14H2,1-2H3. The van der Waals surface area contributed by atoms with Crippen molar-refractivity contribution >= 4 is 15.9 Å². The van der Waals surface area contributed by atoms with E-state index in [2.05, 4.69) is 20.1 Å². The molecule has 1 aliphatic carbocycles. The first-order valence-corrected chi connectivity index (χ1v) is 13.0. The number of hydrogen-bond acceptors (Lipinski definition) is 6. The third kappa shape index (κ3) is 5.01. The molecular weight excluding hydrogens is 428 g/mol. The minimum absolute atomic E-state index is 0.0814. The Morgan fingerprint density at radius 1 is 1.12 bits per heavy atom. The summed E-state index contributed by atoms with van der Waals surface area (Å²) in [5.41, 5.74) is 1.80. The molecular formula is C22H32N6O3S. The summed E-state index contributed by atoms with van der Waals surface area (Å²) in [5.74, 6) is 1.14. The van der Waals surface area contributed by atoms with Crippen molar-refractivity contribution in [3.8, 4) is 11.4 Å². The molecule has 9 nitrogen and oxygen atoms in total. The Labute approximate surface area is 189 Å². The molecule has 2 aromatic rings. The van der Waals surface area contributed by atoms with Crippen molar-refractivity contribution in [3.63, 3.8) is 0 Å². The van der Waals surface area contributed by atoms with Crippen molar-refractivity contribution in [1.29, 1.82) is 0 Å². The molecule has 1 saturated heterocycles. The summed E-state index contributed by atoms with van der Waals surface area (Å²) >= 11 is 0. The van der Waals surface area contributed by atoms with Crippen LogP contribution in [0.4, 0.5) is 0 Å². The van der Waals surface area contributed by atoms with Crippen LogP contribution in [-0.4, -0.2) is 59.6 Å². The zero-order valence-corrected chi connectivity index (χ0v) is 19.6. The van der Waals surface area contributed by atoms with Crippen LogP contribution in [0.15, 0.2) is 23.1 Å². The van der Waals surface area contributed by atoms with E-state index in [4.69, 9.17) is 0 Å². The Morgan fingerprint density at radius 2 is 1.84 bits per heavy atom. The van der Waals surface area contributed by atoms with Gasteiger partial charge in [0, 0.05) is 25.6 Å². The highest BCUT2D eigenvalue weighted by Crippen LogP contribution is 2.32. The average Bonchev–Trinajstić information content (AvgIpc) is 3.30. The van der Waals surface area contributed by atoms with Crippen molar-refractivity contribution in [2.75, 3.05) is 20.1 Å². The SMILES string of the molecule is CNS(=O)(=O)c1ccc(CC2CCCCC2)c(-c2nnn(C3CCN(C(C)=O)CC3)n2)c1. The second-order valence-corrected chi connectivity index (χ2v) is 10.8. The van der Waals surface area contributed by atoms with Gasteiger partial charge in [-0.1, -0.05) is 38.2 Å². The first-order valence-electron chi connectivity index (χ1n) is 11.5. The summed E-state index contributed by atoms with van der Waals surface area (Å²) < 4.78 is 27.2. The third-order valence-electron chi connectivity index (χ3n) is 6.80. The van der Waals surface area contributed by atoms with Gasteiger partial charge in [-0.2, -0.15) is 4.80 Å². The Kier molecular flexibility index (Phi) is 6.90. The van der Waals surface area contributed by atoms with E-state index in [-0.39, 0.29) is 16.8 Å². The van der Waals surface area contributed by atoms with E-state index in [1.807, 2.05) is 11.0 Å². The maximum Gasteiger partial charge on any atom is 0.240 e. The Bertz CT molecular complexity index is 1050. The molecule has 0 radical (unpaired) electrons. The zero-order chi connectivity index (χ0) is 22.7. The maximum atomic E-state index is 12.4. The van der Waals surface area contributed by atoms with E-state index in [1.165, 1.54) is 39.2 Å². The number of hydrogen-bond donors (Lipinski definition) is 1. The van der Waals surface area contributed by atoms with Gasteiger partial charge in [-0.05, 0) is 55.1 Å². The first kappa shape index (κ1) is 22.8. The normalized spacial score (nSPS) is 18.8. The van der Waals surface area contributed by atoms with E-state index >= 15 is 0 Å². The van der Waals surface area contributed by atoms with Crippen LogP contribution in [-0.2, 0) is 21.2 Å². The zero-order valence-electron chi connectivity index (χ0n) is 18.8. The van der Waals surface area contributed by atoms with Crippen molar-refractivity contribution < 1.29 is 13.2 Å². The van der Waals surface area contributed by atoms with Gasteiger partial charge in [0.2, 0.25) is 21.8 Å². The van der Waals surface area contributed by atoms with Gasteiger partial charge in [-0.3, -0.25) is 4.79 Å². The number of piperidine rings is 1. The topological polar surface area (TPSA) is 110 Å². The van der Waals surface area contributed by atoms with Gasteiger partial charge >= 0.3 is 0 Å². The van der Waals surface area contributed by atoms with Gasteiger partial charge < -0.3 is 4.90 Å². The number of aromatic nitrogens is 4. The number of nitrogens with one attached hydrogen (secondary N) is 1. The summed E-state index contributed by atoms with van der Waals surface area (Å²) in [6.45, 7) is 2.95. The predicted molar refractivity (Wildman–Crippen MR) is 120 cm³/mol. The van der Waals surface area contributed by atoms with E-state index in [1.54, 1.807) is 23.9 Å². The second kappa shape index (κ2) is 9.66. The summed E-state index contributed by atoms with van der Waals surface area (Å²) in [4.78, 5) is 15.3. The molecule has 10 heteroatoms. The molecule has 0 atom stereocenters. The van der Waals surface area contributed by atoms with Gasteiger partial charge in [0.25, 0.3) is 0 Å². The molecule has 1 aromatic carbocycles. The number of carbonyl (C=O) groups excluding carboxylic acids is 1. The molecule has 2 fully saturated rings. The number of rotatable bonds is 6. The van der Waals surface area contributed by atoms with Crippen LogP contribution in [0.25, 0.3) is 11.4 Å². The molecule has 32 heavy (non-hydrogen) atoms. The average molecular weight is 461 g/mol. The second-order valence-electron chi connectivity index (χ2n) is 8.91. The molecule has 2 heterocycles. The summed E-state index contributed by atoms with van der Waals surface area (Å²) in [7, 11) is -2.17. The number of tetrazole rings is 1. The van der Waals surface area contributed by atoms with Crippen LogP contribution in [0.1, 0.15) is 63.5 Å². The Balaban J connectivity index is 1.62. The quantitative estimate of drug-likeness (QED) is 0.709. The number of likely N-dealkylation sites (tertiary alicyclic amines) is 1. The van der Waals surface area contributed by atoms with Gasteiger partial charge in [-0.15, -0.1) is 10.2 Å². The van der Waals surface area contributed by atoms with Gasteiger partial charge in [0.15, 0.2) is 0 Å². The highest BCUT2D eigenvalue weighted by Gasteiger charge is 2.25. The largest absolute Gasteiger partial charge is 0.343 e. The van der Waals surface area contributed by atoms with E-state index in [9.17, 15) is 13.2 Å². The minimum Gasteiger partial charge on any atom is -0.343 e. The van der Waals surface area contributed by atoms with Crippen molar-refractivity contribution in [2.24, 2.45) is 5.92 Å². The van der Waals surface area contributed by atoms with Gasteiger partial charge in [0.1, 0.15) is 0 Å². The van der Waals surface area contributed by atoms with Crippen molar-refractivity contribution in [3.05, 3.63) is 23.8 Å². The lowest BCUT2D eigenvalue weighted by molar-refractivity contribution is -0.130. The molecule has 1 amide bonds. The summed E-state index contributed by atoms with van der Waals surface area (Å²) in [5, 5.41) is 13.3. The molecule has 0 spiro atoms. The molecule has 0 bridgehead atoms. The summed E-state index contributed by atoms with van der Waals surface area (Å²) in [6, 6.07) is 5.32. The number of carbonyl (C=O) groups is 1. The fraction of sp³-hybridized carbons (Fsp3) is 0.636. The van der Waals surface area contributed by atoms with Gasteiger partial charge in [-0.25, -0.2) is 13.1 Å². The number of sulfonamides is 1. The van der Waals surface area contributed by atoms with E-state index in [0.717, 1.165) is 30.4 Å². The van der Waals surface area contributed by atoms with Crippen molar-refractivity contribution in [2.45, 2.75) is 69.2 Å². The van der Waals surface area contributed by atoms with E-state index in [0.29, 0.717) is 24.8 Å². The number of benzene rings is 1. The monoisotopic (exact) mass is 460 g/mol. The maximum absolute atomic E-state index is 12.4. The molecule has 2 aliphatic rings. The number of nitrogens with zero attached hydrogens (tertiary/aromatic N) is 5. The molecule has 1 aliphatic heterocycles.